The molecule has 108 valence electrons. The van der Waals surface area contributed by atoms with Gasteiger partial charge in [0.1, 0.15) is 11.3 Å². The van der Waals surface area contributed by atoms with Crippen molar-refractivity contribution in [2.45, 2.75) is 6.92 Å². The van der Waals surface area contributed by atoms with Crippen LogP contribution in [0.5, 0.6) is 0 Å². The van der Waals surface area contributed by atoms with Crippen molar-refractivity contribution in [3.8, 4) is 0 Å². The molecule has 7 heteroatoms. The molecule has 1 heterocycles. The van der Waals surface area contributed by atoms with Crippen LogP contribution >= 0.6 is 0 Å². The van der Waals surface area contributed by atoms with Crippen molar-refractivity contribution < 1.29 is 9.72 Å². The van der Waals surface area contributed by atoms with Gasteiger partial charge in [-0.15, -0.1) is 0 Å². The van der Waals surface area contributed by atoms with E-state index in [-0.39, 0.29) is 11.3 Å². The quantitative estimate of drug-likeness (QED) is 0.650. The van der Waals surface area contributed by atoms with Crippen LogP contribution in [0.3, 0.4) is 0 Å². The van der Waals surface area contributed by atoms with Crippen LogP contribution in [0.2, 0.25) is 0 Å². The number of carbonyl (C=O) groups excluding carboxylic acids is 1. The third-order valence-corrected chi connectivity index (χ3v) is 2.75. The van der Waals surface area contributed by atoms with Crippen molar-refractivity contribution in [3.05, 3.63) is 58.4 Å². The van der Waals surface area contributed by atoms with Crippen molar-refractivity contribution in [3.63, 3.8) is 0 Å². The Kier molecular flexibility index (Phi) is 4.45. The number of para-hydroxylation sites is 1. The summed E-state index contributed by atoms with van der Waals surface area (Å²) in [7, 11) is 0. The smallest absolute Gasteiger partial charge is 0.305 e. The zero-order chi connectivity index (χ0) is 15.2. The highest BCUT2D eigenvalue weighted by atomic mass is 16.6. The highest BCUT2D eigenvalue weighted by Crippen LogP contribution is 2.29. The van der Waals surface area contributed by atoms with Gasteiger partial charge in [0.05, 0.1) is 16.8 Å². The minimum atomic E-state index is -0.559. The van der Waals surface area contributed by atoms with E-state index in [1.807, 2.05) is 6.92 Å². The summed E-state index contributed by atoms with van der Waals surface area (Å²) in [6, 6.07) is 7.92. The zero-order valence-corrected chi connectivity index (χ0v) is 11.4. The number of nitrogens with zero attached hydrogens (tertiary/aromatic N) is 2. The monoisotopic (exact) mass is 286 g/mol. The number of benzene rings is 1. The number of hydrogen-bond acceptors (Lipinski definition) is 5. The summed E-state index contributed by atoms with van der Waals surface area (Å²) >= 11 is 0. The normalized spacial score (nSPS) is 9.95. The Bertz CT molecular complexity index is 659. The SMILES string of the molecule is CCNc1cccc(C(=O)Nc2cccnc2)c1[N+](=O)[O-]. The lowest BCUT2D eigenvalue weighted by atomic mass is 10.1. The molecular formula is C14H14N4O3. The van der Waals surface area contributed by atoms with E-state index in [0.29, 0.717) is 17.9 Å². The molecule has 0 unspecified atom stereocenters. The van der Waals surface area contributed by atoms with E-state index in [2.05, 4.69) is 15.6 Å². The Morgan fingerprint density at radius 2 is 2.14 bits per heavy atom. The summed E-state index contributed by atoms with van der Waals surface area (Å²) in [5.74, 6) is -0.547. The largest absolute Gasteiger partial charge is 0.380 e. The number of pyridine rings is 1. The maximum Gasteiger partial charge on any atom is 0.305 e. The van der Waals surface area contributed by atoms with Crippen LogP contribution in [0, 0.1) is 10.1 Å². The van der Waals surface area contributed by atoms with Gasteiger partial charge in [0.2, 0.25) is 0 Å². The third-order valence-electron chi connectivity index (χ3n) is 2.75. The summed E-state index contributed by atoms with van der Waals surface area (Å²) in [5.41, 5.74) is 0.565. The second-order valence-electron chi connectivity index (χ2n) is 4.19. The summed E-state index contributed by atoms with van der Waals surface area (Å²) in [6.07, 6.45) is 3.04. The van der Waals surface area contributed by atoms with Crippen LogP contribution < -0.4 is 10.6 Å². The van der Waals surface area contributed by atoms with Crippen LogP contribution in [0.4, 0.5) is 17.1 Å². The lowest BCUT2D eigenvalue weighted by Gasteiger charge is -2.09. The van der Waals surface area contributed by atoms with E-state index < -0.39 is 10.8 Å². The number of hydrogen-bond donors (Lipinski definition) is 2. The lowest BCUT2D eigenvalue weighted by molar-refractivity contribution is -0.384. The van der Waals surface area contributed by atoms with E-state index in [1.54, 1.807) is 30.5 Å². The minimum absolute atomic E-state index is 0.00213. The molecule has 0 aliphatic rings. The van der Waals surface area contributed by atoms with Crippen molar-refractivity contribution in [1.29, 1.82) is 0 Å². The van der Waals surface area contributed by atoms with Crippen LogP contribution in [0.15, 0.2) is 42.7 Å². The molecule has 1 aromatic carbocycles. The van der Waals surface area contributed by atoms with Crippen LogP contribution in [0.1, 0.15) is 17.3 Å². The van der Waals surface area contributed by atoms with Gasteiger partial charge in [0, 0.05) is 12.7 Å². The Labute approximate surface area is 121 Å². The fourth-order valence-corrected chi connectivity index (χ4v) is 1.89. The first-order valence-electron chi connectivity index (χ1n) is 6.36. The highest BCUT2D eigenvalue weighted by molar-refractivity contribution is 6.08. The fourth-order valence-electron chi connectivity index (χ4n) is 1.89. The van der Waals surface area contributed by atoms with E-state index in [1.165, 1.54) is 12.3 Å². The Balaban J connectivity index is 2.36. The summed E-state index contributed by atoms with van der Waals surface area (Å²) < 4.78 is 0. The van der Waals surface area contributed by atoms with Crippen LogP contribution in [0.25, 0.3) is 0 Å². The van der Waals surface area contributed by atoms with E-state index >= 15 is 0 Å². The standard InChI is InChI=1S/C14H14N4O3/c1-2-16-12-7-3-6-11(13(12)18(20)21)14(19)17-10-5-4-8-15-9-10/h3-9,16H,2H2,1H3,(H,17,19). The number of nitro groups is 1. The molecule has 21 heavy (non-hydrogen) atoms. The predicted molar refractivity (Wildman–Crippen MR) is 79.5 cm³/mol. The molecule has 0 saturated heterocycles. The number of rotatable bonds is 5. The number of carbonyl (C=O) groups is 1. The minimum Gasteiger partial charge on any atom is -0.380 e. The number of anilines is 2. The molecule has 2 N–H and O–H groups in total. The molecule has 7 nitrogen and oxygen atoms in total. The average molecular weight is 286 g/mol. The molecule has 0 spiro atoms. The molecule has 0 atom stereocenters. The lowest BCUT2D eigenvalue weighted by Crippen LogP contribution is -2.15. The zero-order valence-electron chi connectivity index (χ0n) is 11.4. The molecule has 1 amide bonds. The predicted octanol–water partition coefficient (Wildman–Crippen LogP) is 2.67. The van der Waals surface area contributed by atoms with Gasteiger partial charge in [0.15, 0.2) is 0 Å². The third kappa shape index (κ3) is 3.33. The van der Waals surface area contributed by atoms with Gasteiger partial charge >= 0.3 is 5.69 Å². The molecular weight excluding hydrogens is 272 g/mol. The van der Waals surface area contributed by atoms with Crippen molar-refractivity contribution in [1.82, 2.24) is 4.98 Å². The van der Waals surface area contributed by atoms with E-state index in [4.69, 9.17) is 0 Å². The first-order chi connectivity index (χ1) is 10.1. The van der Waals surface area contributed by atoms with Crippen molar-refractivity contribution in [2.24, 2.45) is 0 Å². The van der Waals surface area contributed by atoms with Gasteiger partial charge < -0.3 is 10.6 Å². The van der Waals surface area contributed by atoms with Gasteiger partial charge in [-0.1, -0.05) is 6.07 Å². The number of nitrogens with one attached hydrogen (secondary N) is 2. The Morgan fingerprint density at radius 1 is 1.33 bits per heavy atom. The number of nitro benzene ring substituents is 1. The highest BCUT2D eigenvalue weighted by Gasteiger charge is 2.24. The second kappa shape index (κ2) is 6.47. The average Bonchev–Trinajstić information content (AvgIpc) is 2.48. The molecule has 0 fully saturated rings. The van der Waals surface area contributed by atoms with Gasteiger partial charge in [-0.05, 0) is 31.2 Å². The van der Waals surface area contributed by atoms with Gasteiger partial charge in [-0.3, -0.25) is 19.9 Å². The van der Waals surface area contributed by atoms with Crippen LogP contribution in [-0.2, 0) is 0 Å². The first kappa shape index (κ1) is 14.4. The molecule has 2 aromatic rings. The Hall–Kier alpha value is -2.96. The first-order valence-corrected chi connectivity index (χ1v) is 6.36. The van der Waals surface area contributed by atoms with Gasteiger partial charge in [-0.2, -0.15) is 0 Å². The van der Waals surface area contributed by atoms with Crippen molar-refractivity contribution in [2.75, 3.05) is 17.2 Å². The number of aromatic nitrogens is 1. The van der Waals surface area contributed by atoms with Gasteiger partial charge in [-0.25, -0.2) is 0 Å². The molecule has 0 aliphatic heterocycles. The number of amides is 1. The maximum absolute atomic E-state index is 12.2. The molecule has 2 rings (SSSR count). The fraction of sp³-hybridized carbons (Fsp3) is 0.143. The Morgan fingerprint density at radius 3 is 2.76 bits per heavy atom. The summed E-state index contributed by atoms with van der Waals surface area (Å²) in [6.45, 7) is 2.35. The topological polar surface area (TPSA) is 97.2 Å². The van der Waals surface area contributed by atoms with Crippen molar-refractivity contribution >= 4 is 23.0 Å². The second-order valence-corrected chi connectivity index (χ2v) is 4.19. The van der Waals surface area contributed by atoms with Crippen LogP contribution in [-0.4, -0.2) is 22.4 Å². The summed E-state index contributed by atoms with van der Waals surface area (Å²) in [5, 5.41) is 16.7. The maximum atomic E-state index is 12.2. The summed E-state index contributed by atoms with van der Waals surface area (Å²) in [4.78, 5) is 26.8. The molecule has 0 radical (unpaired) electrons. The molecule has 0 aliphatic carbocycles. The molecule has 0 bridgehead atoms. The molecule has 0 saturated carbocycles. The van der Waals surface area contributed by atoms with Gasteiger partial charge in [0.25, 0.3) is 5.91 Å². The van der Waals surface area contributed by atoms with E-state index in [9.17, 15) is 14.9 Å². The van der Waals surface area contributed by atoms with E-state index in [0.717, 1.165) is 0 Å². The molecule has 1 aromatic heterocycles.